The molecule has 0 atom stereocenters. The van der Waals surface area contributed by atoms with Crippen molar-refractivity contribution >= 4 is 10.0 Å². The van der Waals surface area contributed by atoms with Crippen LogP contribution in [0.1, 0.15) is 18.1 Å². The molecule has 0 saturated carbocycles. The lowest BCUT2D eigenvalue weighted by Crippen LogP contribution is -2.32. The predicted octanol–water partition coefficient (Wildman–Crippen LogP) is 2.30. The number of sulfonamides is 1. The second-order valence-corrected chi connectivity index (χ2v) is 6.72. The van der Waals surface area contributed by atoms with Crippen molar-refractivity contribution < 1.29 is 8.42 Å². The molecule has 0 radical (unpaired) electrons. The van der Waals surface area contributed by atoms with Crippen LogP contribution in [-0.4, -0.2) is 32.4 Å². The highest BCUT2D eigenvalue weighted by molar-refractivity contribution is 7.88. The summed E-state index contributed by atoms with van der Waals surface area (Å²) in [4.78, 5) is 0. The van der Waals surface area contributed by atoms with E-state index in [0.29, 0.717) is 13.1 Å². The number of hydrogen-bond acceptors (Lipinski definition) is 3. The summed E-state index contributed by atoms with van der Waals surface area (Å²) in [7, 11) is -3.35. The van der Waals surface area contributed by atoms with Crippen LogP contribution in [0.25, 0.3) is 0 Å². The first-order valence-electron chi connectivity index (χ1n) is 7.01. The molecule has 1 rings (SSSR count). The van der Waals surface area contributed by atoms with Crippen LogP contribution in [0.3, 0.4) is 0 Å². The van der Waals surface area contributed by atoms with E-state index in [1.807, 2.05) is 24.3 Å². The normalized spacial score (nSPS) is 11.5. The lowest BCUT2D eigenvalue weighted by Gasteiger charge is -2.19. The molecule has 0 bridgehead atoms. The molecule has 0 saturated heterocycles. The molecule has 0 aliphatic heterocycles. The van der Waals surface area contributed by atoms with Crippen LogP contribution in [0.5, 0.6) is 0 Å². The number of nitrogens with zero attached hydrogens (tertiary/aromatic N) is 1. The van der Waals surface area contributed by atoms with Gasteiger partial charge >= 0.3 is 0 Å². The summed E-state index contributed by atoms with van der Waals surface area (Å²) >= 11 is 0. The average molecular weight is 308 g/mol. The van der Waals surface area contributed by atoms with Gasteiger partial charge in [0.25, 0.3) is 0 Å². The molecule has 1 aromatic rings. The number of hydrogen-bond donors (Lipinski definition) is 1. The van der Waals surface area contributed by atoms with E-state index in [0.717, 1.165) is 24.2 Å². The number of benzene rings is 1. The molecule has 0 spiro atoms. The van der Waals surface area contributed by atoms with Gasteiger partial charge in [0.05, 0.1) is 5.75 Å². The number of nitrogens with one attached hydrogen (secondary N) is 1. The molecule has 0 aliphatic rings. The minimum atomic E-state index is -3.35. The van der Waals surface area contributed by atoms with Gasteiger partial charge in [-0.15, -0.1) is 13.2 Å². The number of rotatable bonds is 10. The Kier molecular flexibility index (Phi) is 7.36. The highest BCUT2D eigenvalue weighted by atomic mass is 32.2. The van der Waals surface area contributed by atoms with E-state index in [1.165, 1.54) is 4.31 Å². The summed E-state index contributed by atoms with van der Waals surface area (Å²) in [6.07, 6.45) is 3.17. The van der Waals surface area contributed by atoms with E-state index < -0.39 is 10.0 Å². The second-order valence-electron chi connectivity index (χ2n) is 4.75. The Bertz CT molecular complexity index is 540. The van der Waals surface area contributed by atoms with Crippen molar-refractivity contribution in [3.63, 3.8) is 0 Å². The Hall–Kier alpha value is -1.43. The molecule has 4 nitrogen and oxygen atoms in total. The Balaban J connectivity index is 2.77. The molecule has 0 heterocycles. The average Bonchev–Trinajstić information content (AvgIpc) is 2.46. The molecule has 0 fully saturated rings. The summed E-state index contributed by atoms with van der Waals surface area (Å²) in [6, 6.07) is 7.64. The van der Waals surface area contributed by atoms with Crippen LogP contribution < -0.4 is 5.32 Å². The Morgan fingerprint density at radius 1 is 1.10 bits per heavy atom. The van der Waals surface area contributed by atoms with Crippen molar-refractivity contribution in [3.8, 4) is 0 Å². The first-order valence-corrected chi connectivity index (χ1v) is 8.62. The fourth-order valence-electron chi connectivity index (χ4n) is 1.91. The maximum Gasteiger partial charge on any atom is 0.218 e. The van der Waals surface area contributed by atoms with Gasteiger partial charge < -0.3 is 5.32 Å². The zero-order valence-electron chi connectivity index (χ0n) is 12.6. The van der Waals surface area contributed by atoms with Crippen LogP contribution >= 0.6 is 0 Å². The van der Waals surface area contributed by atoms with Crippen LogP contribution in [0, 0.1) is 0 Å². The van der Waals surface area contributed by atoms with E-state index in [4.69, 9.17) is 0 Å². The zero-order chi connectivity index (χ0) is 15.7. The molecular formula is C16H24N2O2S. The molecule has 1 aromatic carbocycles. The van der Waals surface area contributed by atoms with E-state index >= 15 is 0 Å². The molecule has 1 N–H and O–H groups in total. The monoisotopic (exact) mass is 308 g/mol. The van der Waals surface area contributed by atoms with Gasteiger partial charge in [0.2, 0.25) is 10.0 Å². The minimum Gasteiger partial charge on any atom is -0.313 e. The fourth-order valence-corrected chi connectivity index (χ4v) is 3.38. The molecule has 21 heavy (non-hydrogen) atoms. The first-order chi connectivity index (χ1) is 10.0. The fraction of sp³-hybridized carbons (Fsp3) is 0.375. The van der Waals surface area contributed by atoms with E-state index in [1.54, 1.807) is 12.2 Å². The van der Waals surface area contributed by atoms with Gasteiger partial charge in [0, 0.05) is 19.6 Å². The van der Waals surface area contributed by atoms with Crippen LogP contribution in [0.2, 0.25) is 0 Å². The second kappa shape index (κ2) is 8.77. The highest BCUT2D eigenvalue weighted by Gasteiger charge is 2.20. The van der Waals surface area contributed by atoms with E-state index in [9.17, 15) is 8.42 Å². The lowest BCUT2D eigenvalue weighted by molar-refractivity contribution is 0.473. The first kappa shape index (κ1) is 17.6. The van der Waals surface area contributed by atoms with Crippen molar-refractivity contribution in [2.75, 3.05) is 19.6 Å². The Labute approximate surface area is 128 Å². The van der Waals surface area contributed by atoms with E-state index in [-0.39, 0.29) is 5.75 Å². The third-order valence-corrected chi connectivity index (χ3v) is 4.79. The maximum absolute atomic E-state index is 12.4. The van der Waals surface area contributed by atoms with Crippen molar-refractivity contribution in [3.05, 3.63) is 60.7 Å². The smallest absolute Gasteiger partial charge is 0.218 e. The van der Waals surface area contributed by atoms with Crippen LogP contribution in [0.15, 0.2) is 49.6 Å². The van der Waals surface area contributed by atoms with Crippen molar-refractivity contribution in [2.45, 2.75) is 19.2 Å². The maximum atomic E-state index is 12.4. The molecular weight excluding hydrogens is 284 g/mol. The summed E-state index contributed by atoms with van der Waals surface area (Å²) in [5.74, 6) is -0.00380. The summed E-state index contributed by atoms with van der Waals surface area (Å²) in [5, 5.41) is 3.24. The zero-order valence-corrected chi connectivity index (χ0v) is 13.4. The lowest BCUT2D eigenvalue weighted by atomic mass is 10.1. The molecule has 5 heteroatoms. The van der Waals surface area contributed by atoms with Gasteiger partial charge in [0.15, 0.2) is 0 Å². The standard InChI is InChI=1S/C16H24N2O2S/c1-4-11-18(12-5-2)21(19,20)14-16-9-7-15(8-10-16)13-17-6-3/h4-5,7-10,17H,1-2,6,11-14H2,3H3. The highest BCUT2D eigenvalue weighted by Crippen LogP contribution is 2.12. The molecule has 0 aromatic heterocycles. The van der Waals surface area contributed by atoms with Gasteiger partial charge in [-0.1, -0.05) is 43.3 Å². The third-order valence-electron chi connectivity index (χ3n) is 3.01. The molecule has 0 unspecified atom stereocenters. The van der Waals surface area contributed by atoms with Gasteiger partial charge in [-0.25, -0.2) is 8.42 Å². The molecule has 0 aliphatic carbocycles. The summed E-state index contributed by atoms with van der Waals surface area (Å²) in [5.41, 5.74) is 1.93. The minimum absolute atomic E-state index is 0.00380. The van der Waals surface area contributed by atoms with Crippen molar-refractivity contribution in [1.29, 1.82) is 0 Å². The summed E-state index contributed by atoms with van der Waals surface area (Å²) < 4.78 is 26.1. The van der Waals surface area contributed by atoms with Gasteiger partial charge in [0.1, 0.15) is 0 Å². The van der Waals surface area contributed by atoms with Crippen LogP contribution in [0.4, 0.5) is 0 Å². The van der Waals surface area contributed by atoms with Crippen molar-refractivity contribution in [2.24, 2.45) is 0 Å². The Morgan fingerprint density at radius 3 is 2.10 bits per heavy atom. The van der Waals surface area contributed by atoms with Gasteiger partial charge in [-0.2, -0.15) is 4.31 Å². The predicted molar refractivity (Wildman–Crippen MR) is 88.4 cm³/mol. The molecule has 0 amide bonds. The van der Waals surface area contributed by atoms with Gasteiger partial charge in [-0.05, 0) is 17.7 Å². The third kappa shape index (κ3) is 5.83. The molecule has 116 valence electrons. The van der Waals surface area contributed by atoms with E-state index in [2.05, 4.69) is 25.4 Å². The summed E-state index contributed by atoms with van der Waals surface area (Å²) in [6.45, 7) is 11.5. The van der Waals surface area contributed by atoms with Gasteiger partial charge in [-0.3, -0.25) is 0 Å². The topological polar surface area (TPSA) is 49.4 Å². The van der Waals surface area contributed by atoms with Crippen molar-refractivity contribution in [1.82, 2.24) is 9.62 Å². The SMILES string of the molecule is C=CCN(CC=C)S(=O)(=O)Cc1ccc(CNCC)cc1. The Morgan fingerprint density at radius 2 is 1.62 bits per heavy atom. The largest absolute Gasteiger partial charge is 0.313 e. The quantitative estimate of drug-likeness (QED) is 0.675. The van der Waals surface area contributed by atoms with Crippen LogP contribution in [-0.2, 0) is 22.3 Å².